The van der Waals surface area contributed by atoms with Gasteiger partial charge in [-0.15, -0.1) is 0 Å². The average Bonchev–Trinajstić information content (AvgIpc) is 1.62. The minimum Gasteiger partial charge on any atom is -0.273 e. The highest BCUT2D eigenvalue weighted by atomic mass is 33.2. The van der Waals surface area contributed by atoms with E-state index in [1.54, 1.807) is 0 Å². The second kappa shape index (κ2) is 2.46. The third-order valence-corrected chi connectivity index (χ3v) is 4.63. The second-order valence-corrected chi connectivity index (χ2v) is 6.64. The van der Waals surface area contributed by atoms with E-state index in [0.717, 1.165) is 14.1 Å². The molecule has 0 heterocycles. The van der Waals surface area contributed by atoms with Gasteiger partial charge in [-0.2, -0.15) is 21.1 Å². The van der Waals surface area contributed by atoms with Crippen molar-refractivity contribution in [3.63, 3.8) is 0 Å². The topological polar surface area (TPSA) is 91.8 Å². The fourth-order valence-electron chi connectivity index (χ4n) is 0.188. The Balaban J connectivity index is 5.21. The second-order valence-electron chi connectivity index (χ2n) is 1.67. The summed E-state index contributed by atoms with van der Waals surface area (Å²) in [6, 6.07) is 0. The van der Waals surface area contributed by atoms with E-state index < -0.39 is 18.2 Å². The summed E-state index contributed by atoms with van der Waals surface area (Å²) in [5.74, 6) is 0. The van der Waals surface area contributed by atoms with Crippen LogP contribution in [0, 0.1) is 0 Å². The Morgan fingerprint density at radius 2 is 1.40 bits per heavy atom. The number of rotatable bonds is 2. The van der Waals surface area contributed by atoms with Gasteiger partial charge in [0.25, 0.3) is 0 Å². The summed E-state index contributed by atoms with van der Waals surface area (Å²) in [6.07, 6.45) is 0. The largest absolute Gasteiger partial charge is 0.386 e. The lowest BCUT2D eigenvalue weighted by molar-refractivity contribution is 0.478. The third kappa shape index (κ3) is 1.66. The molecule has 8 heteroatoms. The molecule has 0 bridgehead atoms. The Morgan fingerprint density at radius 1 is 1.10 bits per heavy atom. The van der Waals surface area contributed by atoms with Crippen LogP contribution in [-0.4, -0.2) is 39.8 Å². The summed E-state index contributed by atoms with van der Waals surface area (Å²) in [4.78, 5) is 0. The molecule has 0 aliphatic carbocycles. The molecule has 0 amide bonds. The van der Waals surface area contributed by atoms with Crippen LogP contribution in [0.3, 0.4) is 0 Å². The third-order valence-electron chi connectivity index (χ3n) is 0.713. The van der Waals surface area contributed by atoms with Gasteiger partial charge in [-0.3, -0.25) is 4.55 Å². The molecule has 0 spiro atoms. The molecule has 0 aromatic heterocycles. The molecule has 0 atom stereocenters. The lowest BCUT2D eigenvalue weighted by atomic mass is 11.3. The minimum atomic E-state index is -5.00. The molecular formula is C2H7NO5S2. The first-order valence-electron chi connectivity index (χ1n) is 2.09. The standard InChI is InChI=1S/C2H7NO5S2/c1-3(2)9(4,5)10(6,7)8/h1-2H3,(H,6,7,8). The fraction of sp³-hybridized carbons (Fsp3) is 1.00. The Hall–Kier alpha value is -0.180. The van der Waals surface area contributed by atoms with Gasteiger partial charge in [0, 0.05) is 14.1 Å². The highest BCUT2D eigenvalue weighted by molar-refractivity contribution is 8.63. The van der Waals surface area contributed by atoms with Crippen molar-refractivity contribution in [3.8, 4) is 0 Å². The smallest absolute Gasteiger partial charge is 0.273 e. The SMILES string of the molecule is CN(C)S(=O)(=O)S(=O)(=O)O. The summed E-state index contributed by atoms with van der Waals surface area (Å²) in [5.41, 5.74) is 0. The van der Waals surface area contributed by atoms with Crippen LogP contribution in [-0.2, 0) is 18.2 Å². The molecule has 0 unspecified atom stereocenters. The number of nitrogens with zero attached hydrogens (tertiary/aromatic N) is 1. The van der Waals surface area contributed by atoms with Crippen LogP contribution in [0.4, 0.5) is 0 Å². The maximum absolute atomic E-state index is 10.4. The zero-order chi connectivity index (χ0) is 8.58. The summed E-state index contributed by atoms with van der Waals surface area (Å²) in [7, 11) is -7.55. The highest BCUT2D eigenvalue weighted by Gasteiger charge is 2.29. The summed E-state index contributed by atoms with van der Waals surface area (Å²) >= 11 is 0. The van der Waals surface area contributed by atoms with Crippen LogP contribution < -0.4 is 0 Å². The molecule has 1 N–H and O–H groups in total. The predicted octanol–water partition coefficient (Wildman–Crippen LogP) is -1.32. The first-order chi connectivity index (χ1) is 4.19. The molecule has 10 heavy (non-hydrogen) atoms. The van der Waals surface area contributed by atoms with Crippen molar-refractivity contribution >= 4 is 18.2 Å². The predicted molar refractivity (Wildman–Crippen MR) is 34.2 cm³/mol. The van der Waals surface area contributed by atoms with Gasteiger partial charge in [0.15, 0.2) is 0 Å². The Kier molecular flexibility index (Phi) is 2.41. The Labute approximate surface area is 58.7 Å². The molecule has 0 rings (SSSR count). The highest BCUT2D eigenvalue weighted by Crippen LogP contribution is 2.01. The summed E-state index contributed by atoms with van der Waals surface area (Å²) < 4.78 is 49.4. The molecule has 0 radical (unpaired) electrons. The first kappa shape index (κ1) is 9.82. The summed E-state index contributed by atoms with van der Waals surface area (Å²) in [5, 5.41) is 0. The lowest BCUT2D eigenvalue weighted by Gasteiger charge is -2.05. The minimum absolute atomic E-state index is 0.405. The van der Waals surface area contributed by atoms with E-state index in [1.165, 1.54) is 0 Å². The lowest BCUT2D eigenvalue weighted by Crippen LogP contribution is -2.29. The summed E-state index contributed by atoms with van der Waals surface area (Å²) in [6.45, 7) is 0. The molecule has 0 aliphatic rings. The van der Waals surface area contributed by atoms with E-state index in [1.807, 2.05) is 0 Å². The van der Waals surface area contributed by atoms with Crippen LogP contribution in [0.1, 0.15) is 0 Å². The van der Waals surface area contributed by atoms with Crippen molar-refractivity contribution in [2.75, 3.05) is 14.1 Å². The van der Waals surface area contributed by atoms with Gasteiger partial charge in [0.1, 0.15) is 0 Å². The maximum Gasteiger partial charge on any atom is 0.386 e. The van der Waals surface area contributed by atoms with Gasteiger partial charge in [0.05, 0.1) is 0 Å². The van der Waals surface area contributed by atoms with Crippen LogP contribution in [0.25, 0.3) is 0 Å². The van der Waals surface area contributed by atoms with Gasteiger partial charge >= 0.3 is 18.2 Å². The quantitative estimate of drug-likeness (QED) is 0.429. The van der Waals surface area contributed by atoms with E-state index in [9.17, 15) is 16.8 Å². The monoisotopic (exact) mass is 189 g/mol. The van der Waals surface area contributed by atoms with Crippen LogP contribution >= 0.6 is 0 Å². The molecular weight excluding hydrogens is 182 g/mol. The van der Waals surface area contributed by atoms with Crippen LogP contribution in [0.2, 0.25) is 0 Å². The van der Waals surface area contributed by atoms with Crippen molar-refractivity contribution in [3.05, 3.63) is 0 Å². The molecule has 0 saturated carbocycles. The molecule has 0 aliphatic heterocycles. The Morgan fingerprint density at radius 3 is 1.40 bits per heavy atom. The maximum atomic E-state index is 10.4. The van der Waals surface area contributed by atoms with Gasteiger partial charge < -0.3 is 0 Å². The van der Waals surface area contributed by atoms with Gasteiger partial charge in [-0.1, -0.05) is 0 Å². The van der Waals surface area contributed by atoms with Crippen LogP contribution in [0.15, 0.2) is 0 Å². The van der Waals surface area contributed by atoms with Crippen LogP contribution in [0.5, 0.6) is 0 Å². The van der Waals surface area contributed by atoms with E-state index in [0.29, 0.717) is 4.31 Å². The molecule has 62 valence electrons. The van der Waals surface area contributed by atoms with E-state index >= 15 is 0 Å². The molecule has 0 saturated heterocycles. The molecule has 0 aromatic rings. The fourth-order valence-corrected chi connectivity index (χ4v) is 1.70. The van der Waals surface area contributed by atoms with E-state index in [4.69, 9.17) is 4.55 Å². The van der Waals surface area contributed by atoms with Crippen molar-refractivity contribution in [2.45, 2.75) is 0 Å². The van der Waals surface area contributed by atoms with Crippen molar-refractivity contribution in [2.24, 2.45) is 0 Å². The average molecular weight is 189 g/mol. The van der Waals surface area contributed by atoms with Crippen molar-refractivity contribution < 1.29 is 21.4 Å². The number of hydrogen-bond donors (Lipinski definition) is 1. The van der Waals surface area contributed by atoms with E-state index in [2.05, 4.69) is 0 Å². The zero-order valence-electron chi connectivity index (χ0n) is 5.34. The van der Waals surface area contributed by atoms with Crippen molar-refractivity contribution in [1.82, 2.24) is 4.31 Å². The molecule has 0 fully saturated rings. The van der Waals surface area contributed by atoms with Gasteiger partial charge in [-0.05, 0) is 0 Å². The Bertz CT molecular complexity index is 297. The zero-order valence-corrected chi connectivity index (χ0v) is 6.98. The van der Waals surface area contributed by atoms with Gasteiger partial charge in [0.2, 0.25) is 0 Å². The molecule has 6 nitrogen and oxygen atoms in total. The normalized spacial score (nSPS) is 14.0. The first-order valence-corrected chi connectivity index (χ1v) is 5.49. The van der Waals surface area contributed by atoms with E-state index in [-0.39, 0.29) is 0 Å². The number of hydrogen-bond acceptors (Lipinski definition) is 4. The van der Waals surface area contributed by atoms with Crippen molar-refractivity contribution in [1.29, 1.82) is 0 Å². The molecule has 0 aromatic carbocycles. The van der Waals surface area contributed by atoms with Gasteiger partial charge in [-0.25, -0.2) is 0 Å².